The largest absolute Gasteiger partial charge is 0.464 e. The van der Waals surface area contributed by atoms with Gasteiger partial charge >= 0.3 is 0 Å². The van der Waals surface area contributed by atoms with Gasteiger partial charge in [-0.05, 0) is 38.5 Å². The highest BCUT2D eigenvalue weighted by Gasteiger charge is 2.08. The average Bonchev–Trinajstić information content (AvgIpc) is 2.38. The molecule has 0 aromatic heterocycles. The van der Waals surface area contributed by atoms with E-state index >= 15 is 0 Å². The first-order chi connectivity index (χ1) is 9.43. The fourth-order valence-corrected chi connectivity index (χ4v) is 2.52. The molecule has 0 saturated carbocycles. The fourth-order valence-electron chi connectivity index (χ4n) is 1.45. The number of thioether (sulfide) groups is 1. The van der Waals surface area contributed by atoms with Crippen LogP contribution in [0.25, 0.3) is 0 Å². The zero-order valence-corrected chi connectivity index (χ0v) is 14.5. The van der Waals surface area contributed by atoms with Crippen LogP contribution in [0.1, 0.15) is 54.4 Å². The van der Waals surface area contributed by atoms with Crippen molar-refractivity contribution in [2.24, 2.45) is 16.1 Å². The summed E-state index contributed by atoms with van der Waals surface area (Å²) in [6.07, 6.45) is 3.83. The maximum Gasteiger partial charge on any atom is 0.148 e. The first-order valence-electron chi connectivity index (χ1n) is 7.14. The molecule has 0 fully saturated rings. The van der Waals surface area contributed by atoms with Crippen LogP contribution >= 0.6 is 11.8 Å². The Kier molecular flexibility index (Phi) is 10.2. The molecule has 0 amide bonds. The smallest absolute Gasteiger partial charge is 0.148 e. The normalized spacial score (nSPS) is 12.6. The summed E-state index contributed by atoms with van der Waals surface area (Å²) in [5.74, 6) is 2.23. The molecule has 0 radical (unpaired) electrons. The standard InChI is InChI=1S/C16H28N2OS/c1-8-10-11-20-16(13(5)6)18-17-14(7)15(12(3)4)19-9-2/h9,13H,2,8,10-11H2,1,3-7H3/b17-14+,18-16+. The Labute approximate surface area is 128 Å². The van der Waals surface area contributed by atoms with Crippen molar-refractivity contribution in [1.29, 1.82) is 0 Å². The highest BCUT2D eigenvalue weighted by Crippen LogP contribution is 2.16. The van der Waals surface area contributed by atoms with Crippen molar-refractivity contribution in [2.45, 2.75) is 54.4 Å². The Bertz CT molecular complexity index is 391. The van der Waals surface area contributed by atoms with E-state index in [1.54, 1.807) is 11.8 Å². The minimum absolute atomic E-state index is 0.392. The van der Waals surface area contributed by atoms with Crippen LogP contribution in [0.2, 0.25) is 0 Å². The van der Waals surface area contributed by atoms with E-state index < -0.39 is 0 Å². The van der Waals surface area contributed by atoms with Crippen molar-refractivity contribution in [1.82, 2.24) is 0 Å². The highest BCUT2D eigenvalue weighted by molar-refractivity contribution is 8.13. The molecule has 3 nitrogen and oxygen atoms in total. The van der Waals surface area contributed by atoms with Gasteiger partial charge in [0.1, 0.15) is 11.5 Å². The summed E-state index contributed by atoms with van der Waals surface area (Å²) >= 11 is 1.80. The van der Waals surface area contributed by atoms with E-state index in [-0.39, 0.29) is 0 Å². The molecule has 0 aromatic carbocycles. The second kappa shape index (κ2) is 10.7. The van der Waals surface area contributed by atoms with E-state index in [0.717, 1.165) is 27.8 Å². The number of allylic oxidation sites excluding steroid dienone is 2. The van der Waals surface area contributed by atoms with Gasteiger partial charge in [-0.2, -0.15) is 5.10 Å². The van der Waals surface area contributed by atoms with Crippen LogP contribution in [0.3, 0.4) is 0 Å². The van der Waals surface area contributed by atoms with Gasteiger partial charge in [-0.25, -0.2) is 0 Å². The maximum absolute atomic E-state index is 5.39. The van der Waals surface area contributed by atoms with E-state index in [0.29, 0.717) is 5.92 Å². The third-order valence-electron chi connectivity index (χ3n) is 2.52. The fraction of sp³-hybridized carbons (Fsp3) is 0.625. The number of unbranched alkanes of at least 4 members (excludes halogenated alkanes) is 1. The lowest BCUT2D eigenvalue weighted by atomic mass is 10.2. The average molecular weight is 296 g/mol. The van der Waals surface area contributed by atoms with Gasteiger partial charge < -0.3 is 4.74 Å². The molecular formula is C16H28N2OS. The first kappa shape index (κ1) is 19.0. The SMILES string of the molecule is C=COC(=C(C)C)/C(C)=N/N=C(/SCCCC)C(C)C. The lowest BCUT2D eigenvalue weighted by molar-refractivity contribution is 0.373. The molecule has 20 heavy (non-hydrogen) atoms. The van der Waals surface area contributed by atoms with Crippen LogP contribution in [-0.4, -0.2) is 16.5 Å². The summed E-state index contributed by atoms with van der Waals surface area (Å²) in [5, 5.41) is 9.79. The lowest BCUT2D eigenvalue weighted by Crippen LogP contribution is -2.05. The quantitative estimate of drug-likeness (QED) is 0.197. The van der Waals surface area contributed by atoms with Gasteiger partial charge in [-0.3, -0.25) is 0 Å². The number of rotatable bonds is 8. The molecule has 0 aliphatic rings. The molecule has 0 aliphatic heterocycles. The molecule has 0 saturated heterocycles. The summed E-state index contributed by atoms with van der Waals surface area (Å²) in [7, 11) is 0. The van der Waals surface area contributed by atoms with E-state index in [9.17, 15) is 0 Å². The summed E-state index contributed by atoms with van der Waals surface area (Å²) in [4.78, 5) is 0. The minimum atomic E-state index is 0.392. The van der Waals surface area contributed by atoms with Crippen LogP contribution in [0, 0.1) is 5.92 Å². The second-order valence-electron chi connectivity index (χ2n) is 5.09. The summed E-state index contributed by atoms with van der Waals surface area (Å²) < 4.78 is 5.39. The number of ether oxygens (including phenoxy) is 1. The van der Waals surface area contributed by atoms with Crippen LogP contribution in [0.4, 0.5) is 0 Å². The summed E-state index contributed by atoms with van der Waals surface area (Å²) in [5.41, 5.74) is 1.84. The molecule has 0 bridgehead atoms. The Morgan fingerprint density at radius 3 is 2.35 bits per heavy atom. The van der Waals surface area contributed by atoms with E-state index in [1.807, 2.05) is 20.8 Å². The summed E-state index contributed by atoms with van der Waals surface area (Å²) in [6, 6.07) is 0. The monoisotopic (exact) mass is 296 g/mol. The molecule has 0 aliphatic carbocycles. The van der Waals surface area contributed by atoms with Crippen molar-refractivity contribution >= 4 is 22.5 Å². The van der Waals surface area contributed by atoms with E-state index in [4.69, 9.17) is 4.74 Å². The molecule has 4 heteroatoms. The Hall–Kier alpha value is -1.03. The van der Waals surface area contributed by atoms with Gasteiger partial charge in [0.25, 0.3) is 0 Å². The summed E-state index contributed by atoms with van der Waals surface area (Å²) in [6.45, 7) is 16.0. The molecule has 0 aromatic rings. The molecule has 0 unspecified atom stereocenters. The van der Waals surface area contributed by atoms with Gasteiger partial charge in [0, 0.05) is 5.92 Å². The van der Waals surface area contributed by atoms with E-state index in [1.165, 1.54) is 19.1 Å². The first-order valence-corrected chi connectivity index (χ1v) is 8.12. The van der Waals surface area contributed by atoms with Crippen molar-refractivity contribution in [3.63, 3.8) is 0 Å². The Morgan fingerprint density at radius 2 is 1.90 bits per heavy atom. The molecule has 0 rings (SSSR count). The number of nitrogens with zero attached hydrogens (tertiary/aromatic N) is 2. The van der Waals surface area contributed by atoms with Crippen molar-refractivity contribution in [3.8, 4) is 0 Å². The van der Waals surface area contributed by atoms with Gasteiger partial charge in [0.05, 0.1) is 11.3 Å². The zero-order valence-electron chi connectivity index (χ0n) is 13.7. The van der Waals surface area contributed by atoms with Gasteiger partial charge in [0.15, 0.2) is 0 Å². The third kappa shape index (κ3) is 7.53. The molecule has 0 heterocycles. The third-order valence-corrected chi connectivity index (χ3v) is 3.87. The molecular weight excluding hydrogens is 268 g/mol. The Morgan fingerprint density at radius 1 is 1.25 bits per heavy atom. The predicted octanol–water partition coefficient (Wildman–Crippen LogP) is 5.40. The number of hydrogen-bond acceptors (Lipinski definition) is 4. The van der Waals surface area contributed by atoms with Crippen LogP contribution < -0.4 is 0 Å². The highest BCUT2D eigenvalue weighted by atomic mass is 32.2. The van der Waals surface area contributed by atoms with Crippen molar-refractivity contribution < 1.29 is 4.74 Å². The molecule has 0 N–H and O–H groups in total. The van der Waals surface area contributed by atoms with Crippen LogP contribution in [0.15, 0.2) is 34.4 Å². The topological polar surface area (TPSA) is 34.0 Å². The van der Waals surface area contributed by atoms with Gasteiger partial charge in [-0.15, -0.1) is 16.9 Å². The van der Waals surface area contributed by atoms with Crippen LogP contribution in [-0.2, 0) is 4.74 Å². The molecule has 114 valence electrons. The van der Waals surface area contributed by atoms with Crippen molar-refractivity contribution in [3.05, 3.63) is 24.2 Å². The predicted molar refractivity (Wildman–Crippen MR) is 92.4 cm³/mol. The maximum atomic E-state index is 5.39. The van der Waals surface area contributed by atoms with Gasteiger partial charge in [0.2, 0.25) is 0 Å². The molecule has 0 spiro atoms. The lowest BCUT2D eigenvalue weighted by Gasteiger charge is -2.09. The zero-order chi connectivity index (χ0) is 15.5. The van der Waals surface area contributed by atoms with Crippen molar-refractivity contribution in [2.75, 3.05) is 5.75 Å². The number of hydrogen-bond donors (Lipinski definition) is 0. The Balaban J connectivity index is 5.00. The second-order valence-corrected chi connectivity index (χ2v) is 6.21. The van der Waals surface area contributed by atoms with Crippen LogP contribution in [0.5, 0.6) is 0 Å². The van der Waals surface area contributed by atoms with E-state index in [2.05, 4.69) is 37.6 Å². The van der Waals surface area contributed by atoms with Gasteiger partial charge in [-0.1, -0.05) is 33.8 Å². The minimum Gasteiger partial charge on any atom is -0.464 e. The molecule has 0 atom stereocenters.